The van der Waals surface area contributed by atoms with Crippen LogP contribution in [0.5, 0.6) is 5.75 Å². The maximum absolute atomic E-state index is 14.1. The van der Waals surface area contributed by atoms with Gasteiger partial charge in [-0.25, -0.2) is 4.39 Å². The van der Waals surface area contributed by atoms with E-state index in [0.717, 1.165) is 22.6 Å². The van der Waals surface area contributed by atoms with E-state index in [1.807, 2.05) is 47.6 Å². The van der Waals surface area contributed by atoms with Gasteiger partial charge in [-0.05, 0) is 68.0 Å². The van der Waals surface area contributed by atoms with Gasteiger partial charge in [0.25, 0.3) is 5.69 Å². The quantitative estimate of drug-likeness (QED) is 0.149. The Labute approximate surface area is 247 Å². The van der Waals surface area contributed by atoms with Crippen LogP contribution in [-0.2, 0) is 4.79 Å². The molecular weight excluding hydrogens is 559 g/mol. The molecule has 1 fully saturated rings. The molecule has 0 saturated carbocycles. The number of pyridine rings is 1. The fourth-order valence-electron chi connectivity index (χ4n) is 5.41. The molecule has 2 atom stereocenters. The van der Waals surface area contributed by atoms with Crippen molar-refractivity contribution in [3.63, 3.8) is 0 Å². The molecule has 2 aromatic carbocycles. The summed E-state index contributed by atoms with van der Waals surface area (Å²) in [5.74, 6) is -0.381. The van der Waals surface area contributed by atoms with Crippen LogP contribution in [0.1, 0.15) is 41.1 Å². The van der Waals surface area contributed by atoms with E-state index in [1.165, 1.54) is 31.4 Å². The van der Waals surface area contributed by atoms with Gasteiger partial charge >= 0.3 is 0 Å². The number of nitrogens with one attached hydrogen (secondary N) is 2. The SMILES string of the molecule is COc1ccc([N+](=O)[O-])cc1-n1c(C)cc([C@H]2[C@@H](c3ccccn3)NC(=S)N2CCC(=O)Nc2ccccc2F)c1C. The number of methoxy groups -OCH3 is 1. The lowest BCUT2D eigenvalue weighted by Gasteiger charge is -2.28. The number of carbonyl (C=O) groups excluding carboxylic acids is 1. The summed E-state index contributed by atoms with van der Waals surface area (Å²) in [7, 11) is 1.52. The highest BCUT2D eigenvalue weighted by atomic mass is 32.1. The summed E-state index contributed by atoms with van der Waals surface area (Å²) in [4.78, 5) is 30.5. The fourth-order valence-corrected chi connectivity index (χ4v) is 5.74. The maximum atomic E-state index is 14.1. The zero-order valence-corrected chi connectivity index (χ0v) is 24.0. The molecule has 5 rings (SSSR count). The summed E-state index contributed by atoms with van der Waals surface area (Å²) >= 11 is 5.75. The van der Waals surface area contributed by atoms with Crippen LogP contribution < -0.4 is 15.4 Å². The number of nitro groups is 1. The number of rotatable bonds is 9. The Morgan fingerprint density at radius 2 is 1.93 bits per heavy atom. The van der Waals surface area contributed by atoms with Crippen LogP contribution in [-0.4, -0.2) is 44.0 Å². The lowest BCUT2D eigenvalue weighted by Crippen LogP contribution is -2.33. The molecule has 0 radical (unpaired) electrons. The number of para-hydroxylation sites is 1. The highest BCUT2D eigenvalue weighted by molar-refractivity contribution is 7.80. The van der Waals surface area contributed by atoms with Gasteiger partial charge in [0.05, 0.1) is 41.2 Å². The minimum Gasteiger partial charge on any atom is -0.495 e. The van der Waals surface area contributed by atoms with Crippen LogP contribution >= 0.6 is 12.2 Å². The Morgan fingerprint density at radius 3 is 2.62 bits per heavy atom. The van der Waals surface area contributed by atoms with Gasteiger partial charge in [-0.1, -0.05) is 18.2 Å². The number of benzene rings is 2. The average molecular weight is 589 g/mol. The van der Waals surface area contributed by atoms with Gasteiger partial charge in [-0.2, -0.15) is 0 Å². The van der Waals surface area contributed by atoms with Crippen molar-refractivity contribution in [2.45, 2.75) is 32.4 Å². The van der Waals surface area contributed by atoms with Gasteiger partial charge in [-0.15, -0.1) is 0 Å². The Morgan fingerprint density at radius 1 is 1.17 bits per heavy atom. The average Bonchev–Trinajstić information content (AvgIpc) is 3.47. The van der Waals surface area contributed by atoms with Gasteiger partial charge in [0.1, 0.15) is 11.6 Å². The minimum atomic E-state index is -0.513. The molecule has 10 nitrogen and oxygen atoms in total. The molecule has 4 aromatic rings. The Bertz CT molecular complexity index is 1660. The second-order valence-electron chi connectivity index (χ2n) is 9.87. The van der Waals surface area contributed by atoms with Crippen molar-refractivity contribution < 1.29 is 18.8 Å². The van der Waals surface area contributed by atoms with E-state index in [0.29, 0.717) is 16.5 Å². The minimum absolute atomic E-state index is 0.0546. The summed E-state index contributed by atoms with van der Waals surface area (Å²) in [6.07, 6.45) is 1.76. The Balaban J connectivity index is 1.53. The van der Waals surface area contributed by atoms with Crippen LogP contribution in [0.15, 0.2) is 72.9 Å². The molecule has 2 N–H and O–H groups in total. The molecule has 12 heteroatoms. The third-order valence-electron chi connectivity index (χ3n) is 7.33. The highest BCUT2D eigenvalue weighted by Crippen LogP contribution is 2.42. The second kappa shape index (κ2) is 12.0. The molecule has 2 aromatic heterocycles. The highest BCUT2D eigenvalue weighted by Gasteiger charge is 2.41. The van der Waals surface area contributed by atoms with Crippen LogP contribution in [0.25, 0.3) is 5.69 Å². The first-order chi connectivity index (χ1) is 20.2. The third-order valence-corrected chi connectivity index (χ3v) is 7.68. The number of non-ortho nitro benzene ring substituents is 1. The van der Waals surface area contributed by atoms with Gasteiger partial charge in [0, 0.05) is 42.7 Å². The van der Waals surface area contributed by atoms with E-state index in [2.05, 4.69) is 15.6 Å². The largest absolute Gasteiger partial charge is 0.495 e. The molecular formula is C30H29FN6O4S. The van der Waals surface area contributed by atoms with E-state index in [1.54, 1.807) is 24.4 Å². The zero-order chi connectivity index (χ0) is 30.0. The number of halogens is 1. The lowest BCUT2D eigenvalue weighted by atomic mass is 9.96. The summed E-state index contributed by atoms with van der Waals surface area (Å²) in [5, 5.41) is 18.0. The number of nitro benzene ring substituents is 1. The normalized spacial score (nSPS) is 16.3. The number of hydrogen-bond acceptors (Lipinski definition) is 6. The first kappa shape index (κ1) is 28.7. The van der Waals surface area contributed by atoms with Crippen molar-refractivity contribution in [1.82, 2.24) is 19.8 Å². The fraction of sp³-hybridized carbons (Fsp3) is 0.233. The van der Waals surface area contributed by atoms with Crippen molar-refractivity contribution in [1.29, 1.82) is 0 Å². The molecule has 0 spiro atoms. The van der Waals surface area contributed by atoms with Crippen molar-refractivity contribution in [3.8, 4) is 11.4 Å². The number of amides is 1. The number of aryl methyl sites for hydroxylation is 1. The van der Waals surface area contributed by atoms with Gasteiger partial charge < -0.3 is 24.8 Å². The Kier molecular flexibility index (Phi) is 8.16. The topological polar surface area (TPSA) is 115 Å². The molecule has 216 valence electrons. The predicted octanol–water partition coefficient (Wildman–Crippen LogP) is 5.55. The van der Waals surface area contributed by atoms with E-state index < -0.39 is 10.7 Å². The van der Waals surface area contributed by atoms with Crippen LogP contribution in [0.3, 0.4) is 0 Å². The first-order valence-corrected chi connectivity index (χ1v) is 13.6. The molecule has 42 heavy (non-hydrogen) atoms. The number of thiocarbonyl (C=S) groups is 1. The van der Waals surface area contributed by atoms with Crippen LogP contribution in [0.4, 0.5) is 15.8 Å². The van der Waals surface area contributed by atoms with E-state index in [4.69, 9.17) is 17.0 Å². The van der Waals surface area contributed by atoms with Gasteiger partial charge in [-0.3, -0.25) is 19.9 Å². The predicted molar refractivity (Wildman–Crippen MR) is 160 cm³/mol. The smallest absolute Gasteiger partial charge is 0.271 e. The van der Waals surface area contributed by atoms with Crippen molar-refractivity contribution in [2.24, 2.45) is 0 Å². The summed E-state index contributed by atoms with van der Waals surface area (Å²) in [6.45, 7) is 4.10. The standard InChI is InChI=1S/C30H29FN6O4S/c1-18-16-21(19(2)36(18)25-17-20(37(39)40)11-12-26(25)41-3)29-28(24-10-6-7-14-32-24)34-30(42)35(29)15-13-27(38)33-23-9-5-4-8-22(23)31/h4-12,14,16-17,28-29H,13,15H2,1-3H3,(H,33,38)(H,34,42)/t28-,29+/m1/s1. The van der Waals surface area contributed by atoms with Crippen LogP contribution in [0.2, 0.25) is 0 Å². The number of hydrogen-bond donors (Lipinski definition) is 2. The molecule has 3 heterocycles. The van der Waals surface area contributed by atoms with Crippen molar-refractivity contribution >= 4 is 34.6 Å². The Hall–Kier alpha value is -4.84. The summed E-state index contributed by atoms with van der Waals surface area (Å²) in [6, 6.07) is 17.4. The molecule has 0 bridgehead atoms. The first-order valence-electron chi connectivity index (χ1n) is 13.2. The molecule has 0 aliphatic carbocycles. The molecule has 0 unspecified atom stereocenters. The lowest BCUT2D eigenvalue weighted by molar-refractivity contribution is -0.384. The summed E-state index contributed by atoms with van der Waals surface area (Å²) in [5.41, 5.74) is 3.91. The molecule has 1 aliphatic rings. The molecule has 1 amide bonds. The van der Waals surface area contributed by atoms with Gasteiger partial charge in [0.2, 0.25) is 5.91 Å². The van der Waals surface area contributed by atoms with Crippen molar-refractivity contribution in [2.75, 3.05) is 19.0 Å². The van der Waals surface area contributed by atoms with Crippen LogP contribution in [0, 0.1) is 29.8 Å². The molecule has 1 aliphatic heterocycles. The van der Waals surface area contributed by atoms with E-state index in [-0.39, 0.29) is 42.3 Å². The second-order valence-corrected chi connectivity index (χ2v) is 10.3. The number of aromatic nitrogens is 2. The van der Waals surface area contributed by atoms with E-state index in [9.17, 15) is 19.3 Å². The van der Waals surface area contributed by atoms with Gasteiger partial charge in [0.15, 0.2) is 5.11 Å². The molecule has 1 saturated heterocycles. The summed E-state index contributed by atoms with van der Waals surface area (Å²) < 4.78 is 21.6. The third kappa shape index (κ3) is 5.53. The number of nitrogens with zero attached hydrogens (tertiary/aromatic N) is 4. The number of carbonyl (C=O) groups is 1. The maximum Gasteiger partial charge on any atom is 0.271 e. The van der Waals surface area contributed by atoms with Crippen molar-refractivity contribution in [3.05, 3.63) is 112 Å². The monoisotopic (exact) mass is 588 g/mol. The zero-order valence-electron chi connectivity index (χ0n) is 23.2. The van der Waals surface area contributed by atoms with E-state index >= 15 is 0 Å². The number of anilines is 1. The number of ether oxygens (including phenoxy) is 1.